The number of alkyl halides is 5. The summed E-state index contributed by atoms with van der Waals surface area (Å²) < 4.78 is 64.7. The van der Waals surface area contributed by atoms with Crippen molar-refractivity contribution in [1.82, 2.24) is 15.3 Å². The minimum absolute atomic E-state index is 0.0517. The Morgan fingerprint density at radius 1 is 1.28 bits per heavy atom. The molecule has 29 heavy (non-hydrogen) atoms. The van der Waals surface area contributed by atoms with E-state index in [2.05, 4.69) is 20.7 Å². The van der Waals surface area contributed by atoms with Gasteiger partial charge in [0.15, 0.2) is 5.17 Å². The number of thioether (sulfide) groups is 1. The lowest BCUT2D eigenvalue weighted by Gasteiger charge is -2.33. The summed E-state index contributed by atoms with van der Waals surface area (Å²) in [6, 6.07) is 3.21. The molecular formula is C17H23F5N6S. The molecule has 1 saturated heterocycles. The van der Waals surface area contributed by atoms with Crippen LogP contribution in [0.15, 0.2) is 17.2 Å². The van der Waals surface area contributed by atoms with Crippen molar-refractivity contribution in [2.24, 2.45) is 5.10 Å². The van der Waals surface area contributed by atoms with Gasteiger partial charge in [-0.2, -0.15) is 18.3 Å². The number of halogens is 5. The summed E-state index contributed by atoms with van der Waals surface area (Å²) in [6.07, 6.45) is -4.90. The normalized spacial score (nSPS) is 21.8. The van der Waals surface area contributed by atoms with Gasteiger partial charge in [0, 0.05) is 50.5 Å². The third-order valence-corrected chi connectivity index (χ3v) is 5.60. The molecule has 12 heteroatoms. The van der Waals surface area contributed by atoms with Gasteiger partial charge in [-0.25, -0.2) is 13.8 Å². The van der Waals surface area contributed by atoms with E-state index in [1.807, 2.05) is 14.0 Å². The zero-order valence-corrected chi connectivity index (χ0v) is 16.9. The zero-order chi connectivity index (χ0) is 21.2. The van der Waals surface area contributed by atoms with E-state index in [4.69, 9.17) is 0 Å². The molecule has 0 amide bonds. The zero-order valence-electron chi connectivity index (χ0n) is 16.1. The number of nitrogens with zero attached hydrogens (tertiary/aromatic N) is 4. The van der Waals surface area contributed by atoms with E-state index in [0.29, 0.717) is 22.3 Å². The van der Waals surface area contributed by atoms with Crippen LogP contribution in [0.4, 0.5) is 33.5 Å². The summed E-state index contributed by atoms with van der Waals surface area (Å²) in [5, 5.41) is 12.2. The van der Waals surface area contributed by atoms with Crippen molar-refractivity contribution in [3.05, 3.63) is 17.8 Å². The maximum absolute atomic E-state index is 13.5. The lowest BCUT2D eigenvalue weighted by molar-refractivity contribution is -0.115. The largest absolute Gasteiger partial charge is 0.405 e. The SMILES string of the molecule is CC1NC(SCc2cc(N3CCC(F)(F)CC3)cc(NCC(F)(F)F)n2)=NN1C. The van der Waals surface area contributed by atoms with Crippen molar-refractivity contribution in [1.29, 1.82) is 0 Å². The van der Waals surface area contributed by atoms with Gasteiger partial charge in [0.25, 0.3) is 5.92 Å². The van der Waals surface area contributed by atoms with Crippen molar-refractivity contribution in [2.75, 3.05) is 36.9 Å². The van der Waals surface area contributed by atoms with Crippen LogP contribution in [0, 0.1) is 0 Å². The summed E-state index contributed by atoms with van der Waals surface area (Å²) in [7, 11) is 1.83. The number of hydrogen-bond acceptors (Lipinski definition) is 7. The van der Waals surface area contributed by atoms with E-state index in [0.717, 1.165) is 0 Å². The second kappa shape index (κ2) is 8.41. The Balaban J connectivity index is 1.74. The van der Waals surface area contributed by atoms with Gasteiger partial charge < -0.3 is 15.5 Å². The second-order valence-corrected chi connectivity index (χ2v) is 8.07. The molecule has 6 nitrogen and oxygen atoms in total. The number of pyridine rings is 1. The van der Waals surface area contributed by atoms with Gasteiger partial charge in [0.1, 0.15) is 18.5 Å². The quantitative estimate of drug-likeness (QED) is 0.685. The van der Waals surface area contributed by atoms with Crippen molar-refractivity contribution in [2.45, 2.75) is 43.8 Å². The fourth-order valence-corrected chi connectivity index (χ4v) is 3.82. The van der Waals surface area contributed by atoms with Gasteiger partial charge in [-0.1, -0.05) is 11.8 Å². The molecule has 2 N–H and O–H groups in total. The predicted molar refractivity (Wildman–Crippen MR) is 104 cm³/mol. The van der Waals surface area contributed by atoms with Crippen molar-refractivity contribution in [3.63, 3.8) is 0 Å². The average molecular weight is 438 g/mol. The molecule has 0 aromatic carbocycles. The van der Waals surface area contributed by atoms with Crippen molar-refractivity contribution in [3.8, 4) is 0 Å². The molecule has 162 valence electrons. The van der Waals surface area contributed by atoms with Gasteiger partial charge in [-0.05, 0) is 13.0 Å². The molecule has 1 aromatic rings. The molecule has 3 rings (SSSR count). The van der Waals surface area contributed by atoms with Gasteiger partial charge in [0.2, 0.25) is 0 Å². The van der Waals surface area contributed by atoms with Crippen LogP contribution in [-0.2, 0) is 5.75 Å². The Hall–Kier alpha value is -1.98. The minimum Gasteiger partial charge on any atom is -0.371 e. The molecule has 1 fully saturated rings. The summed E-state index contributed by atoms with van der Waals surface area (Å²) in [5.41, 5.74) is 1.13. The predicted octanol–water partition coefficient (Wildman–Crippen LogP) is 3.68. The topological polar surface area (TPSA) is 55.8 Å². The Kier molecular flexibility index (Phi) is 6.30. The Morgan fingerprint density at radius 2 is 1.97 bits per heavy atom. The summed E-state index contributed by atoms with van der Waals surface area (Å²) >= 11 is 1.38. The van der Waals surface area contributed by atoms with Gasteiger partial charge >= 0.3 is 6.18 Å². The summed E-state index contributed by atoms with van der Waals surface area (Å²) in [4.78, 5) is 6.01. The number of aromatic nitrogens is 1. The molecular weight excluding hydrogens is 415 g/mol. The highest BCUT2D eigenvalue weighted by molar-refractivity contribution is 8.13. The molecule has 3 heterocycles. The number of anilines is 2. The Labute approximate surface area is 169 Å². The molecule has 2 aliphatic heterocycles. The number of hydrazone groups is 1. The second-order valence-electron chi connectivity index (χ2n) is 7.10. The first-order chi connectivity index (χ1) is 13.5. The molecule has 1 atom stereocenters. The van der Waals surface area contributed by atoms with Crippen LogP contribution in [0.25, 0.3) is 0 Å². The van der Waals surface area contributed by atoms with E-state index >= 15 is 0 Å². The van der Waals surface area contributed by atoms with Gasteiger partial charge in [-0.15, -0.1) is 0 Å². The van der Waals surface area contributed by atoms with Crippen LogP contribution < -0.4 is 15.5 Å². The van der Waals surface area contributed by atoms with E-state index in [9.17, 15) is 22.0 Å². The van der Waals surface area contributed by atoms with E-state index in [1.165, 1.54) is 17.8 Å². The van der Waals surface area contributed by atoms with Crippen LogP contribution in [0.3, 0.4) is 0 Å². The molecule has 1 aromatic heterocycles. The number of amidine groups is 1. The molecule has 1 unspecified atom stereocenters. The van der Waals surface area contributed by atoms with Gasteiger partial charge in [0.05, 0.1) is 5.69 Å². The van der Waals surface area contributed by atoms with Crippen LogP contribution in [-0.4, -0.2) is 60.1 Å². The summed E-state index contributed by atoms with van der Waals surface area (Å²) in [5.74, 6) is -2.25. The average Bonchev–Trinajstić information content (AvgIpc) is 2.95. The molecule has 0 aliphatic carbocycles. The fourth-order valence-electron chi connectivity index (χ4n) is 2.95. The van der Waals surface area contributed by atoms with Crippen LogP contribution in [0.2, 0.25) is 0 Å². The van der Waals surface area contributed by atoms with Crippen molar-refractivity contribution < 1.29 is 22.0 Å². The van der Waals surface area contributed by atoms with Crippen molar-refractivity contribution >= 4 is 28.4 Å². The Bertz CT molecular complexity index is 746. The lowest BCUT2D eigenvalue weighted by atomic mass is 10.1. The van der Waals surface area contributed by atoms with E-state index in [-0.39, 0.29) is 37.9 Å². The molecule has 0 spiro atoms. The maximum Gasteiger partial charge on any atom is 0.405 e. The third kappa shape index (κ3) is 6.25. The molecule has 0 saturated carbocycles. The number of rotatable bonds is 5. The molecule has 0 bridgehead atoms. The van der Waals surface area contributed by atoms with Crippen LogP contribution >= 0.6 is 11.8 Å². The Morgan fingerprint density at radius 3 is 2.55 bits per heavy atom. The maximum atomic E-state index is 13.5. The fraction of sp³-hybridized carbons (Fsp3) is 0.647. The number of piperidine rings is 1. The first-order valence-electron chi connectivity index (χ1n) is 9.16. The standard InChI is InChI=1S/C17H23F5N6S/c1-11-24-15(26-27(11)2)29-9-12-7-13(28-5-3-16(18,19)4-6-28)8-14(25-12)23-10-17(20,21)22/h7-8,11H,3-6,9-10H2,1-2H3,(H,23,25)(H,24,26). The highest BCUT2D eigenvalue weighted by atomic mass is 32.2. The smallest absolute Gasteiger partial charge is 0.371 e. The highest BCUT2D eigenvalue weighted by Gasteiger charge is 2.34. The monoisotopic (exact) mass is 438 g/mol. The lowest BCUT2D eigenvalue weighted by Crippen LogP contribution is -2.39. The molecule has 2 aliphatic rings. The van der Waals surface area contributed by atoms with E-state index in [1.54, 1.807) is 16.0 Å². The van der Waals surface area contributed by atoms with Crippen LogP contribution in [0.5, 0.6) is 0 Å². The minimum atomic E-state index is -4.39. The highest BCUT2D eigenvalue weighted by Crippen LogP contribution is 2.32. The summed E-state index contributed by atoms with van der Waals surface area (Å²) in [6.45, 7) is 1.00. The van der Waals surface area contributed by atoms with Crippen LogP contribution in [0.1, 0.15) is 25.5 Å². The molecule has 0 radical (unpaired) electrons. The first-order valence-corrected chi connectivity index (χ1v) is 10.1. The third-order valence-electron chi connectivity index (χ3n) is 4.69. The van der Waals surface area contributed by atoms with E-state index < -0.39 is 18.6 Å². The number of hydrogen-bond donors (Lipinski definition) is 2. The number of nitrogens with one attached hydrogen (secondary N) is 2. The first kappa shape index (κ1) is 21.7. The van der Waals surface area contributed by atoms with Gasteiger partial charge in [-0.3, -0.25) is 5.01 Å².